The fraction of sp³-hybridized carbons (Fsp3) is 0.300. The molecule has 18 heavy (non-hydrogen) atoms. The molecule has 0 aliphatic carbocycles. The van der Waals surface area contributed by atoms with E-state index < -0.39 is 5.97 Å². The molecular formula is C10H10N2O3S3. The smallest absolute Gasteiger partial charge is 0.373 e. The van der Waals surface area contributed by atoms with Crippen molar-refractivity contribution in [3.63, 3.8) is 0 Å². The van der Waals surface area contributed by atoms with Crippen molar-refractivity contribution in [3.8, 4) is 0 Å². The van der Waals surface area contributed by atoms with E-state index in [0.29, 0.717) is 11.5 Å². The summed E-state index contributed by atoms with van der Waals surface area (Å²) in [5, 5.41) is 8.04. The summed E-state index contributed by atoms with van der Waals surface area (Å²) < 4.78 is 11.7. The van der Waals surface area contributed by atoms with Crippen LogP contribution in [-0.2, 0) is 10.5 Å². The van der Waals surface area contributed by atoms with Crippen LogP contribution in [0.2, 0.25) is 0 Å². The summed E-state index contributed by atoms with van der Waals surface area (Å²) in [4.78, 5) is 11.2. The molecule has 0 spiro atoms. The van der Waals surface area contributed by atoms with Crippen molar-refractivity contribution in [2.45, 2.75) is 14.4 Å². The van der Waals surface area contributed by atoms with Gasteiger partial charge in [-0.1, -0.05) is 34.9 Å². The zero-order valence-electron chi connectivity index (χ0n) is 9.71. The quantitative estimate of drug-likeness (QED) is 0.621. The number of hydrogen-bond donors (Lipinski definition) is 0. The molecule has 96 valence electrons. The monoisotopic (exact) mass is 302 g/mol. The molecule has 2 heterocycles. The highest BCUT2D eigenvalue weighted by Crippen LogP contribution is 2.29. The third kappa shape index (κ3) is 3.27. The van der Waals surface area contributed by atoms with Gasteiger partial charge in [-0.05, 0) is 18.4 Å². The van der Waals surface area contributed by atoms with Gasteiger partial charge in [-0.3, -0.25) is 0 Å². The van der Waals surface area contributed by atoms with Crippen LogP contribution in [0.5, 0.6) is 0 Å². The molecule has 0 N–H and O–H groups in total. The lowest BCUT2D eigenvalue weighted by Crippen LogP contribution is -1.98. The van der Waals surface area contributed by atoms with Crippen LogP contribution in [0.4, 0.5) is 0 Å². The van der Waals surface area contributed by atoms with Crippen LogP contribution < -0.4 is 0 Å². The summed E-state index contributed by atoms with van der Waals surface area (Å²) >= 11 is 4.64. The van der Waals surface area contributed by atoms with Crippen LogP contribution in [0.25, 0.3) is 0 Å². The van der Waals surface area contributed by atoms with Gasteiger partial charge in [-0.15, -0.1) is 10.2 Å². The topological polar surface area (TPSA) is 65.2 Å². The average molecular weight is 302 g/mol. The van der Waals surface area contributed by atoms with Crippen molar-refractivity contribution >= 4 is 40.8 Å². The minimum absolute atomic E-state index is 0.218. The van der Waals surface area contributed by atoms with E-state index in [9.17, 15) is 4.79 Å². The molecule has 0 saturated heterocycles. The standard InChI is InChI=1S/C10H10N2O3S3/c1-14-8(13)7-4-3-6(15-7)5-17-10-12-11-9(16-2)18-10/h3-4H,5H2,1-2H3. The summed E-state index contributed by atoms with van der Waals surface area (Å²) in [6, 6.07) is 3.37. The average Bonchev–Trinajstić information content (AvgIpc) is 3.04. The third-order valence-electron chi connectivity index (χ3n) is 1.95. The van der Waals surface area contributed by atoms with Crippen molar-refractivity contribution in [2.24, 2.45) is 0 Å². The van der Waals surface area contributed by atoms with E-state index in [1.54, 1.807) is 35.2 Å². The number of hydrogen-bond acceptors (Lipinski definition) is 8. The number of furan rings is 1. The lowest BCUT2D eigenvalue weighted by Gasteiger charge is -1.94. The highest BCUT2D eigenvalue weighted by molar-refractivity contribution is 8.02. The molecule has 0 unspecified atom stereocenters. The molecule has 2 rings (SSSR count). The normalized spacial score (nSPS) is 10.6. The lowest BCUT2D eigenvalue weighted by molar-refractivity contribution is 0.0563. The Morgan fingerprint density at radius 1 is 1.44 bits per heavy atom. The largest absolute Gasteiger partial charge is 0.463 e. The highest BCUT2D eigenvalue weighted by Gasteiger charge is 2.12. The van der Waals surface area contributed by atoms with Gasteiger partial charge in [0.2, 0.25) is 5.76 Å². The van der Waals surface area contributed by atoms with Gasteiger partial charge in [0.15, 0.2) is 8.68 Å². The number of methoxy groups -OCH3 is 1. The van der Waals surface area contributed by atoms with Crippen LogP contribution in [0, 0.1) is 0 Å². The second kappa shape index (κ2) is 6.26. The lowest BCUT2D eigenvalue weighted by atomic mass is 10.4. The van der Waals surface area contributed by atoms with Gasteiger partial charge in [0.1, 0.15) is 5.76 Å². The van der Waals surface area contributed by atoms with E-state index in [-0.39, 0.29) is 5.76 Å². The molecule has 2 aromatic heterocycles. The Morgan fingerprint density at radius 3 is 2.89 bits per heavy atom. The molecule has 0 radical (unpaired) electrons. The molecule has 0 aromatic carbocycles. The van der Waals surface area contributed by atoms with Gasteiger partial charge in [0.25, 0.3) is 0 Å². The Bertz CT molecular complexity index is 538. The number of nitrogens with zero attached hydrogens (tertiary/aromatic N) is 2. The van der Waals surface area contributed by atoms with Gasteiger partial charge in [0.05, 0.1) is 12.9 Å². The first kappa shape index (κ1) is 13.4. The maximum absolute atomic E-state index is 11.2. The molecule has 8 heteroatoms. The second-order valence-corrected chi connectivity index (χ2v) is 6.34. The Hall–Kier alpha value is -0.990. The number of esters is 1. The minimum Gasteiger partial charge on any atom is -0.463 e. The van der Waals surface area contributed by atoms with Crippen molar-refractivity contribution < 1.29 is 13.9 Å². The van der Waals surface area contributed by atoms with E-state index in [4.69, 9.17) is 4.42 Å². The first-order valence-corrected chi connectivity index (χ1v) is 7.93. The minimum atomic E-state index is -0.466. The first-order chi connectivity index (χ1) is 8.72. The fourth-order valence-electron chi connectivity index (χ4n) is 1.14. The second-order valence-electron chi connectivity index (χ2n) is 3.08. The van der Waals surface area contributed by atoms with Crippen LogP contribution >= 0.6 is 34.9 Å². The number of rotatable bonds is 5. The van der Waals surface area contributed by atoms with E-state index in [2.05, 4.69) is 14.9 Å². The van der Waals surface area contributed by atoms with E-state index in [1.165, 1.54) is 18.9 Å². The molecule has 0 bridgehead atoms. The SMILES string of the molecule is COC(=O)c1ccc(CSc2nnc(SC)s2)o1. The molecule has 0 aliphatic rings. The third-order valence-corrected chi connectivity index (χ3v) is 5.00. The van der Waals surface area contributed by atoms with Crippen LogP contribution in [-0.4, -0.2) is 29.5 Å². The van der Waals surface area contributed by atoms with Crippen LogP contribution in [0.15, 0.2) is 25.2 Å². The zero-order valence-corrected chi connectivity index (χ0v) is 12.2. The molecule has 0 fully saturated rings. The maximum Gasteiger partial charge on any atom is 0.373 e. The molecule has 0 amide bonds. The molecule has 0 atom stereocenters. The number of aromatic nitrogens is 2. The van der Waals surface area contributed by atoms with E-state index in [0.717, 1.165) is 8.68 Å². The Balaban J connectivity index is 1.93. The van der Waals surface area contributed by atoms with Crippen molar-refractivity contribution in [1.82, 2.24) is 10.2 Å². The van der Waals surface area contributed by atoms with Crippen molar-refractivity contribution in [1.29, 1.82) is 0 Å². The number of ether oxygens (including phenoxy) is 1. The summed E-state index contributed by atoms with van der Waals surface area (Å²) in [5.41, 5.74) is 0. The predicted molar refractivity (Wildman–Crippen MR) is 71.3 cm³/mol. The van der Waals surface area contributed by atoms with Gasteiger partial charge in [-0.25, -0.2) is 4.79 Å². The summed E-state index contributed by atoms with van der Waals surface area (Å²) in [5.74, 6) is 1.07. The number of thioether (sulfide) groups is 2. The van der Waals surface area contributed by atoms with Crippen LogP contribution in [0.1, 0.15) is 16.3 Å². The summed E-state index contributed by atoms with van der Waals surface area (Å²) in [6.07, 6.45) is 1.96. The molecular weight excluding hydrogens is 292 g/mol. The van der Waals surface area contributed by atoms with Crippen molar-refractivity contribution in [3.05, 3.63) is 23.7 Å². The zero-order chi connectivity index (χ0) is 13.0. The highest BCUT2D eigenvalue weighted by atomic mass is 32.2. The van der Waals surface area contributed by atoms with Gasteiger partial charge < -0.3 is 9.15 Å². The van der Waals surface area contributed by atoms with E-state index >= 15 is 0 Å². The van der Waals surface area contributed by atoms with Gasteiger partial charge in [-0.2, -0.15) is 0 Å². The Labute approximate surface area is 116 Å². The molecule has 2 aromatic rings. The number of carbonyl (C=O) groups is 1. The Morgan fingerprint density at radius 2 is 2.22 bits per heavy atom. The van der Waals surface area contributed by atoms with Crippen molar-refractivity contribution in [2.75, 3.05) is 13.4 Å². The van der Waals surface area contributed by atoms with Gasteiger partial charge >= 0.3 is 5.97 Å². The predicted octanol–water partition coefficient (Wildman–Crippen LogP) is 2.93. The first-order valence-electron chi connectivity index (χ1n) is 4.90. The maximum atomic E-state index is 11.2. The fourth-order valence-corrected chi connectivity index (χ4v) is 3.47. The number of carbonyl (C=O) groups excluding carboxylic acids is 1. The van der Waals surface area contributed by atoms with Crippen LogP contribution in [0.3, 0.4) is 0 Å². The Kier molecular flexibility index (Phi) is 4.67. The van der Waals surface area contributed by atoms with Gasteiger partial charge in [0, 0.05) is 0 Å². The molecule has 5 nitrogen and oxygen atoms in total. The summed E-state index contributed by atoms with van der Waals surface area (Å²) in [7, 11) is 1.32. The van der Waals surface area contributed by atoms with E-state index in [1.807, 2.05) is 6.26 Å². The molecule has 0 aliphatic heterocycles. The molecule has 0 saturated carbocycles. The summed E-state index contributed by atoms with van der Waals surface area (Å²) in [6.45, 7) is 0.